The van der Waals surface area contributed by atoms with Gasteiger partial charge in [0, 0.05) is 23.1 Å². The van der Waals surface area contributed by atoms with Crippen molar-refractivity contribution in [3.8, 4) is 0 Å². The van der Waals surface area contributed by atoms with Gasteiger partial charge in [-0.2, -0.15) is 0 Å². The third-order valence-electron chi connectivity index (χ3n) is 3.64. The minimum Gasteiger partial charge on any atom is -0.396 e. The Kier molecular flexibility index (Phi) is 4.67. The molecule has 5 heteroatoms. The summed E-state index contributed by atoms with van der Waals surface area (Å²) in [6.07, 6.45) is 1.42. The molecule has 1 aromatic heterocycles. The van der Waals surface area contributed by atoms with Gasteiger partial charge in [-0.1, -0.05) is 41.4 Å². The summed E-state index contributed by atoms with van der Waals surface area (Å²) in [6, 6.07) is 13.6. The largest absolute Gasteiger partial charge is 0.396 e. The van der Waals surface area contributed by atoms with E-state index in [2.05, 4.69) is 15.6 Å². The predicted molar refractivity (Wildman–Crippen MR) is 90.7 cm³/mol. The maximum absolute atomic E-state index is 9.08. The van der Waals surface area contributed by atoms with E-state index in [9.17, 15) is 0 Å². The molecule has 0 aliphatic heterocycles. The van der Waals surface area contributed by atoms with E-state index >= 15 is 0 Å². The molecule has 1 N–H and O–H groups in total. The third kappa shape index (κ3) is 3.12. The Labute approximate surface area is 139 Å². The summed E-state index contributed by atoms with van der Waals surface area (Å²) in [5.74, 6) is 0.960. The van der Waals surface area contributed by atoms with Gasteiger partial charge < -0.3 is 9.67 Å². The second-order valence-corrected chi connectivity index (χ2v) is 6.01. The van der Waals surface area contributed by atoms with Crippen molar-refractivity contribution in [2.75, 3.05) is 6.61 Å². The van der Waals surface area contributed by atoms with Crippen molar-refractivity contribution in [3.05, 3.63) is 63.9 Å². The van der Waals surface area contributed by atoms with Gasteiger partial charge in [0.15, 0.2) is 0 Å². The van der Waals surface area contributed by atoms with E-state index in [1.807, 2.05) is 30.3 Å². The topological polar surface area (TPSA) is 38.1 Å². The fourth-order valence-corrected chi connectivity index (χ4v) is 3.02. The Balaban J connectivity index is 2.03. The first-order valence-corrected chi connectivity index (χ1v) is 7.93. The van der Waals surface area contributed by atoms with Crippen LogP contribution < -0.4 is 0 Å². The number of benzene rings is 2. The van der Waals surface area contributed by atoms with Crippen LogP contribution in [0.3, 0.4) is 0 Å². The zero-order valence-electron chi connectivity index (χ0n) is 12.0. The molecule has 3 aromatic rings. The molecule has 0 aliphatic rings. The Bertz CT molecular complexity index is 798. The first-order valence-electron chi connectivity index (χ1n) is 7.18. The molecule has 0 unspecified atom stereocenters. The van der Waals surface area contributed by atoms with Crippen LogP contribution in [0.25, 0.3) is 11.0 Å². The quantitative estimate of drug-likeness (QED) is 0.754. The summed E-state index contributed by atoms with van der Waals surface area (Å²) >= 11 is 12.3. The smallest absolute Gasteiger partial charge is 0.110 e. The Morgan fingerprint density at radius 1 is 1.09 bits per heavy atom. The maximum Gasteiger partial charge on any atom is 0.110 e. The summed E-state index contributed by atoms with van der Waals surface area (Å²) in [6.45, 7) is 0.794. The molecule has 114 valence electrons. The molecule has 3 nitrogen and oxygen atoms in total. The van der Waals surface area contributed by atoms with E-state index in [0.29, 0.717) is 23.0 Å². The van der Waals surface area contributed by atoms with Crippen LogP contribution in [0.5, 0.6) is 0 Å². The average molecular weight is 335 g/mol. The summed E-state index contributed by atoms with van der Waals surface area (Å²) in [7, 11) is 0. The third-order valence-corrected chi connectivity index (χ3v) is 4.22. The average Bonchev–Trinajstić information content (AvgIpc) is 2.86. The van der Waals surface area contributed by atoms with Gasteiger partial charge >= 0.3 is 0 Å². The van der Waals surface area contributed by atoms with Crippen LogP contribution in [0.2, 0.25) is 10.0 Å². The van der Waals surface area contributed by atoms with E-state index in [4.69, 9.17) is 28.3 Å². The number of aromatic nitrogens is 2. The molecular formula is C17H16Cl2N2O. The summed E-state index contributed by atoms with van der Waals surface area (Å²) in [4.78, 5) is 4.68. The first kappa shape index (κ1) is 15.3. The van der Waals surface area contributed by atoms with E-state index in [-0.39, 0.29) is 6.61 Å². The number of aliphatic hydroxyl groups is 1. The fourth-order valence-electron chi connectivity index (χ4n) is 2.55. The van der Waals surface area contributed by atoms with Crippen molar-refractivity contribution in [1.82, 2.24) is 9.55 Å². The highest BCUT2D eigenvalue weighted by Crippen LogP contribution is 2.25. The van der Waals surface area contributed by atoms with Crippen LogP contribution in [-0.2, 0) is 13.0 Å². The molecule has 0 radical (unpaired) electrons. The lowest BCUT2D eigenvalue weighted by atomic mass is 10.2. The molecular weight excluding hydrogens is 319 g/mol. The van der Waals surface area contributed by atoms with Crippen LogP contribution in [0.15, 0.2) is 42.5 Å². The number of nitrogens with zero attached hydrogens (tertiary/aromatic N) is 2. The minimum absolute atomic E-state index is 0.158. The predicted octanol–water partition coefficient (Wildman–Crippen LogP) is 4.32. The summed E-state index contributed by atoms with van der Waals surface area (Å²) < 4.78 is 2.15. The number of hydrogen-bond acceptors (Lipinski definition) is 2. The lowest BCUT2D eigenvalue weighted by Crippen LogP contribution is -2.06. The fraction of sp³-hybridized carbons (Fsp3) is 0.235. The molecule has 0 bridgehead atoms. The van der Waals surface area contributed by atoms with E-state index in [1.54, 1.807) is 6.07 Å². The van der Waals surface area contributed by atoms with Crippen LogP contribution in [0.1, 0.15) is 17.8 Å². The lowest BCUT2D eigenvalue weighted by Gasteiger charge is -2.11. The van der Waals surface area contributed by atoms with E-state index < -0.39 is 0 Å². The van der Waals surface area contributed by atoms with Gasteiger partial charge in [-0.3, -0.25) is 0 Å². The molecule has 2 aromatic carbocycles. The zero-order chi connectivity index (χ0) is 15.5. The van der Waals surface area contributed by atoms with Gasteiger partial charge in [-0.25, -0.2) is 4.98 Å². The number of hydrogen-bond donors (Lipinski definition) is 1. The van der Waals surface area contributed by atoms with Crippen LogP contribution in [0.4, 0.5) is 0 Å². The van der Waals surface area contributed by atoms with Gasteiger partial charge in [0.1, 0.15) is 5.82 Å². The summed E-state index contributed by atoms with van der Waals surface area (Å²) in [5.41, 5.74) is 3.03. The van der Waals surface area contributed by atoms with Crippen molar-refractivity contribution in [2.24, 2.45) is 0 Å². The van der Waals surface area contributed by atoms with E-state index in [1.165, 1.54) is 0 Å². The van der Waals surface area contributed by atoms with Gasteiger partial charge in [0.2, 0.25) is 0 Å². The molecule has 0 aliphatic carbocycles. The van der Waals surface area contributed by atoms with Crippen molar-refractivity contribution >= 4 is 34.2 Å². The Hall–Kier alpha value is -1.55. The Morgan fingerprint density at radius 2 is 1.91 bits per heavy atom. The normalized spacial score (nSPS) is 11.2. The van der Waals surface area contributed by atoms with Gasteiger partial charge in [-0.05, 0) is 36.2 Å². The second kappa shape index (κ2) is 6.69. The molecule has 0 atom stereocenters. The highest BCUT2D eigenvalue weighted by molar-refractivity contribution is 6.35. The molecule has 22 heavy (non-hydrogen) atoms. The molecule has 0 spiro atoms. The monoisotopic (exact) mass is 334 g/mol. The maximum atomic E-state index is 9.08. The molecule has 0 saturated carbocycles. The van der Waals surface area contributed by atoms with Crippen LogP contribution in [0, 0.1) is 0 Å². The van der Waals surface area contributed by atoms with Crippen LogP contribution >= 0.6 is 23.2 Å². The molecule has 3 rings (SSSR count). The minimum atomic E-state index is 0.158. The SMILES string of the molecule is OCCCc1nc2ccccc2n1Cc1ccc(Cl)cc1Cl. The van der Waals surface area contributed by atoms with Crippen molar-refractivity contribution in [2.45, 2.75) is 19.4 Å². The molecule has 0 fully saturated rings. The number of imidazole rings is 1. The van der Waals surface area contributed by atoms with Crippen LogP contribution in [-0.4, -0.2) is 21.3 Å². The number of aryl methyl sites for hydroxylation is 1. The molecule has 0 amide bonds. The number of halogens is 2. The number of para-hydroxylation sites is 2. The number of rotatable bonds is 5. The molecule has 0 saturated heterocycles. The highest BCUT2D eigenvalue weighted by Gasteiger charge is 2.12. The summed E-state index contributed by atoms with van der Waals surface area (Å²) in [5, 5.41) is 10.4. The van der Waals surface area contributed by atoms with Gasteiger partial charge in [0.05, 0.1) is 17.6 Å². The van der Waals surface area contributed by atoms with E-state index in [0.717, 1.165) is 28.8 Å². The highest BCUT2D eigenvalue weighted by atomic mass is 35.5. The lowest BCUT2D eigenvalue weighted by molar-refractivity contribution is 0.287. The number of fused-ring (bicyclic) bond motifs is 1. The second-order valence-electron chi connectivity index (χ2n) is 5.17. The zero-order valence-corrected chi connectivity index (χ0v) is 13.5. The first-order chi connectivity index (χ1) is 10.7. The van der Waals surface area contributed by atoms with Gasteiger partial charge in [-0.15, -0.1) is 0 Å². The number of aliphatic hydroxyl groups excluding tert-OH is 1. The standard InChI is InChI=1S/C17H16Cl2N2O/c18-13-8-7-12(14(19)10-13)11-21-16-5-2-1-4-15(16)20-17(21)6-3-9-22/h1-2,4-5,7-8,10,22H,3,6,9,11H2. The molecule has 1 heterocycles. The van der Waals surface area contributed by atoms with Crippen molar-refractivity contribution in [1.29, 1.82) is 0 Å². The van der Waals surface area contributed by atoms with Gasteiger partial charge in [0.25, 0.3) is 0 Å². The van der Waals surface area contributed by atoms with Crippen molar-refractivity contribution in [3.63, 3.8) is 0 Å². The Morgan fingerprint density at radius 3 is 2.68 bits per heavy atom. The van der Waals surface area contributed by atoms with Crippen molar-refractivity contribution < 1.29 is 5.11 Å².